The van der Waals surface area contributed by atoms with Gasteiger partial charge in [-0.3, -0.25) is 0 Å². The van der Waals surface area contributed by atoms with Crippen LogP contribution in [-0.2, 0) is 0 Å². The smallest absolute Gasteiger partial charge is 0.0167 e. The van der Waals surface area contributed by atoms with Gasteiger partial charge in [-0.2, -0.15) is 11.8 Å². The Hall–Kier alpha value is 0.310. The Kier molecular flexibility index (Phi) is 6.24. The van der Waals surface area contributed by atoms with Crippen LogP contribution in [0.2, 0.25) is 0 Å². The molecular formula is C8H19NS. The highest BCUT2D eigenvalue weighted by Gasteiger charge is 2.07. The van der Waals surface area contributed by atoms with E-state index in [1.54, 1.807) is 0 Å². The SMILES string of the molecule is CCCNC(C)C(C)SC. The minimum absolute atomic E-state index is 0.648. The first kappa shape index (κ1) is 10.3. The maximum Gasteiger partial charge on any atom is 0.0167 e. The zero-order chi connectivity index (χ0) is 7.98. The Balaban J connectivity index is 3.31. The van der Waals surface area contributed by atoms with Crippen molar-refractivity contribution in [2.24, 2.45) is 0 Å². The van der Waals surface area contributed by atoms with Gasteiger partial charge in [-0.15, -0.1) is 0 Å². The fourth-order valence-corrected chi connectivity index (χ4v) is 1.25. The second kappa shape index (κ2) is 6.05. The lowest BCUT2D eigenvalue weighted by Gasteiger charge is -2.18. The van der Waals surface area contributed by atoms with Crippen LogP contribution in [0.1, 0.15) is 27.2 Å². The van der Waals surface area contributed by atoms with Crippen molar-refractivity contribution < 1.29 is 0 Å². The molecule has 0 fully saturated rings. The van der Waals surface area contributed by atoms with Crippen molar-refractivity contribution in [3.63, 3.8) is 0 Å². The van der Waals surface area contributed by atoms with Gasteiger partial charge in [0, 0.05) is 11.3 Å². The molecule has 0 radical (unpaired) electrons. The molecule has 1 nitrogen and oxygen atoms in total. The predicted octanol–water partition coefficient (Wildman–Crippen LogP) is 2.13. The summed E-state index contributed by atoms with van der Waals surface area (Å²) in [6.45, 7) is 7.85. The summed E-state index contributed by atoms with van der Waals surface area (Å²) < 4.78 is 0. The van der Waals surface area contributed by atoms with Crippen LogP contribution in [0.15, 0.2) is 0 Å². The molecule has 0 bridgehead atoms. The number of rotatable bonds is 5. The van der Waals surface area contributed by atoms with Crippen molar-refractivity contribution in [3.8, 4) is 0 Å². The number of thioether (sulfide) groups is 1. The topological polar surface area (TPSA) is 12.0 Å². The molecule has 2 atom stereocenters. The average molecular weight is 161 g/mol. The fourth-order valence-electron chi connectivity index (χ4n) is 0.742. The third-order valence-electron chi connectivity index (χ3n) is 1.79. The van der Waals surface area contributed by atoms with Crippen LogP contribution in [0.25, 0.3) is 0 Å². The minimum atomic E-state index is 0.648. The third kappa shape index (κ3) is 4.18. The Morgan fingerprint density at radius 2 is 2.00 bits per heavy atom. The lowest BCUT2D eigenvalue weighted by molar-refractivity contribution is 0.542. The van der Waals surface area contributed by atoms with E-state index >= 15 is 0 Å². The van der Waals surface area contributed by atoms with Crippen LogP contribution in [-0.4, -0.2) is 24.1 Å². The van der Waals surface area contributed by atoms with Crippen molar-refractivity contribution in [2.75, 3.05) is 12.8 Å². The zero-order valence-corrected chi connectivity index (χ0v) is 8.29. The lowest BCUT2D eigenvalue weighted by Crippen LogP contribution is -2.34. The highest BCUT2D eigenvalue weighted by Crippen LogP contribution is 2.09. The first-order valence-electron chi connectivity index (χ1n) is 3.98. The summed E-state index contributed by atoms with van der Waals surface area (Å²) in [6, 6.07) is 0.648. The quantitative estimate of drug-likeness (QED) is 0.663. The van der Waals surface area contributed by atoms with E-state index in [9.17, 15) is 0 Å². The van der Waals surface area contributed by atoms with Crippen LogP contribution in [0.5, 0.6) is 0 Å². The highest BCUT2D eigenvalue weighted by atomic mass is 32.2. The van der Waals surface area contributed by atoms with Crippen LogP contribution in [0, 0.1) is 0 Å². The minimum Gasteiger partial charge on any atom is -0.313 e. The molecule has 0 aromatic heterocycles. The number of hydrogen-bond donors (Lipinski definition) is 1. The van der Waals surface area contributed by atoms with E-state index < -0.39 is 0 Å². The summed E-state index contributed by atoms with van der Waals surface area (Å²) in [5.74, 6) is 0. The average Bonchev–Trinajstić information content (AvgIpc) is 1.98. The standard InChI is InChI=1S/C8H19NS/c1-5-6-9-7(2)8(3)10-4/h7-9H,5-6H2,1-4H3. The molecule has 2 unspecified atom stereocenters. The van der Waals surface area contributed by atoms with Crippen molar-refractivity contribution in [1.82, 2.24) is 5.32 Å². The highest BCUT2D eigenvalue weighted by molar-refractivity contribution is 7.99. The van der Waals surface area contributed by atoms with Gasteiger partial charge in [0.05, 0.1) is 0 Å². The van der Waals surface area contributed by atoms with Gasteiger partial charge >= 0.3 is 0 Å². The van der Waals surface area contributed by atoms with Crippen molar-refractivity contribution in [2.45, 2.75) is 38.5 Å². The van der Waals surface area contributed by atoms with Gasteiger partial charge < -0.3 is 5.32 Å². The van der Waals surface area contributed by atoms with E-state index in [2.05, 4.69) is 32.3 Å². The van der Waals surface area contributed by atoms with Gasteiger partial charge in [-0.05, 0) is 26.1 Å². The molecular weight excluding hydrogens is 142 g/mol. The van der Waals surface area contributed by atoms with E-state index in [0.29, 0.717) is 6.04 Å². The molecule has 0 rings (SSSR count). The van der Waals surface area contributed by atoms with Crippen LogP contribution in [0.3, 0.4) is 0 Å². The molecule has 0 heterocycles. The molecule has 0 aliphatic rings. The number of hydrogen-bond acceptors (Lipinski definition) is 2. The molecule has 0 saturated carbocycles. The maximum absolute atomic E-state index is 3.46. The van der Waals surface area contributed by atoms with Gasteiger partial charge in [0.2, 0.25) is 0 Å². The number of nitrogens with one attached hydrogen (secondary N) is 1. The van der Waals surface area contributed by atoms with E-state index in [4.69, 9.17) is 0 Å². The second-order valence-corrected chi connectivity index (χ2v) is 3.90. The Morgan fingerprint density at radius 1 is 1.40 bits per heavy atom. The zero-order valence-electron chi connectivity index (χ0n) is 7.48. The molecule has 10 heavy (non-hydrogen) atoms. The lowest BCUT2D eigenvalue weighted by atomic mass is 10.2. The van der Waals surface area contributed by atoms with Gasteiger partial charge in [0.1, 0.15) is 0 Å². The van der Waals surface area contributed by atoms with Crippen molar-refractivity contribution in [3.05, 3.63) is 0 Å². The van der Waals surface area contributed by atoms with Gasteiger partial charge in [-0.25, -0.2) is 0 Å². The van der Waals surface area contributed by atoms with Gasteiger partial charge in [-0.1, -0.05) is 13.8 Å². The third-order valence-corrected chi connectivity index (χ3v) is 2.94. The molecule has 2 heteroatoms. The summed E-state index contributed by atoms with van der Waals surface area (Å²) >= 11 is 1.92. The van der Waals surface area contributed by atoms with Crippen LogP contribution < -0.4 is 5.32 Å². The maximum atomic E-state index is 3.46. The summed E-state index contributed by atoms with van der Waals surface area (Å²) in [7, 11) is 0. The van der Waals surface area contributed by atoms with E-state index in [1.165, 1.54) is 6.42 Å². The molecule has 62 valence electrons. The molecule has 0 amide bonds. The molecule has 0 spiro atoms. The van der Waals surface area contributed by atoms with Crippen LogP contribution >= 0.6 is 11.8 Å². The van der Waals surface area contributed by atoms with Crippen LogP contribution in [0.4, 0.5) is 0 Å². The summed E-state index contributed by atoms with van der Waals surface area (Å²) in [5.41, 5.74) is 0. The van der Waals surface area contributed by atoms with E-state index in [1.807, 2.05) is 11.8 Å². The molecule has 0 aromatic carbocycles. The molecule has 1 N–H and O–H groups in total. The monoisotopic (exact) mass is 161 g/mol. The molecule has 0 aliphatic carbocycles. The van der Waals surface area contributed by atoms with Gasteiger partial charge in [0.15, 0.2) is 0 Å². The first-order chi connectivity index (χ1) is 4.72. The van der Waals surface area contributed by atoms with Crippen molar-refractivity contribution >= 4 is 11.8 Å². The Morgan fingerprint density at radius 3 is 2.40 bits per heavy atom. The molecule has 0 aliphatic heterocycles. The molecule has 0 saturated heterocycles. The largest absolute Gasteiger partial charge is 0.313 e. The fraction of sp³-hybridized carbons (Fsp3) is 1.00. The summed E-state index contributed by atoms with van der Waals surface area (Å²) in [6.07, 6.45) is 3.39. The second-order valence-electron chi connectivity index (χ2n) is 2.68. The van der Waals surface area contributed by atoms with Gasteiger partial charge in [0.25, 0.3) is 0 Å². The normalized spacial score (nSPS) is 16.8. The van der Waals surface area contributed by atoms with E-state index in [0.717, 1.165) is 11.8 Å². The predicted molar refractivity (Wildman–Crippen MR) is 50.7 cm³/mol. The summed E-state index contributed by atoms with van der Waals surface area (Å²) in [5, 5.41) is 4.19. The Labute approximate surface area is 69.0 Å². The molecule has 0 aromatic rings. The van der Waals surface area contributed by atoms with Crippen molar-refractivity contribution in [1.29, 1.82) is 0 Å². The summed E-state index contributed by atoms with van der Waals surface area (Å²) in [4.78, 5) is 0. The first-order valence-corrected chi connectivity index (χ1v) is 5.27. The van der Waals surface area contributed by atoms with E-state index in [-0.39, 0.29) is 0 Å². The Bertz CT molecular complexity index is 75.7.